The van der Waals surface area contributed by atoms with Gasteiger partial charge in [-0.3, -0.25) is 4.79 Å². The Kier molecular flexibility index (Phi) is 5.78. The van der Waals surface area contributed by atoms with Gasteiger partial charge in [0, 0.05) is 37.2 Å². The van der Waals surface area contributed by atoms with Crippen LogP contribution in [0.5, 0.6) is 5.88 Å². The zero-order chi connectivity index (χ0) is 23.4. The fraction of sp³-hybridized carbons (Fsp3) is 0.750. The van der Waals surface area contributed by atoms with E-state index < -0.39 is 33.5 Å². The lowest BCUT2D eigenvalue weighted by Gasteiger charge is -2.39. The van der Waals surface area contributed by atoms with Gasteiger partial charge in [-0.25, -0.2) is 13.4 Å². The second-order valence-corrected chi connectivity index (χ2v) is 11.3. The van der Waals surface area contributed by atoms with Crippen molar-refractivity contribution in [3.05, 3.63) is 18.1 Å². The molecule has 2 saturated carbocycles. The van der Waals surface area contributed by atoms with Crippen LogP contribution in [0.25, 0.3) is 0 Å². The first-order valence-corrected chi connectivity index (χ1v) is 12.1. The van der Waals surface area contributed by atoms with Gasteiger partial charge in [0.2, 0.25) is 21.7 Å². The zero-order valence-corrected chi connectivity index (χ0v) is 18.7. The number of hydrogen-bond donors (Lipinski definition) is 0. The van der Waals surface area contributed by atoms with Crippen LogP contribution in [0.2, 0.25) is 0 Å². The van der Waals surface area contributed by atoms with E-state index in [1.54, 1.807) is 0 Å². The van der Waals surface area contributed by atoms with Crippen LogP contribution in [0.4, 0.5) is 13.2 Å². The van der Waals surface area contributed by atoms with Crippen LogP contribution in [-0.4, -0.2) is 66.6 Å². The maximum absolute atomic E-state index is 13.3. The number of alkyl halides is 3. The van der Waals surface area contributed by atoms with Crippen LogP contribution in [0.3, 0.4) is 0 Å². The predicted octanol–water partition coefficient (Wildman–Crippen LogP) is 2.30. The lowest BCUT2D eigenvalue weighted by Crippen LogP contribution is -2.52. The number of fused-ring (bicyclic) bond motifs is 2. The van der Waals surface area contributed by atoms with Crippen molar-refractivity contribution in [3.8, 4) is 5.88 Å². The molecule has 3 fully saturated rings. The SMILES string of the molecule is CC1(C)[C@H]2CC[C@]1(CS(=O)(=O)N1CCOC(COc3ccnc(C(F)(F)F)n3)C1)C(=O)C2. The first kappa shape index (κ1) is 23.4. The molecule has 3 aliphatic rings. The number of morpholine rings is 1. The Morgan fingerprint density at radius 3 is 2.72 bits per heavy atom. The van der Waals surface area contributed by atoms with Gasteiger partial charge in [0.05, 0.1) is 12.4 Å². The number of carbonyl (C=O) groups excluding carboxylic acids is 1. The summed E-state index contributed by atoms with van der Waals surface area (Å²) in [5, 5.41) is 0. The third-order valence-electron chi connectivity index (χ3n) is 7.36. The van der Waals surface area contributed by atoms with Crippen molar-refractivity contribution in [2.24, 2.45) is 16.7 Å². The molecule has 12 heteroatoms. The number of hydrogen-bond acceptors (Lipinski definition) is 7. The predicted molar refractivity (Wildman–Crippen MR) is 106 cm³/mol. The van der Waals surface area contributed by atoms with Crippen molar-refractivity contribution in [2.45, 2.75) is 45.4 Å². The van der Waals surface area contributed by atoms with Crippen LogP contribution < -0.4 is 4.74 Å². The van der Waals surface area contributed by atoms with E-state index in [9.17, 15) is 26.4 Å². The quantitative estimate of drug-likeness (QED) is 0.620. The van der Waals surface area contributed by atoms with Crippen LogP contribution in [0.15, 0.2) is 12.3 Å². The molecule has 1 aromatic rings. The average Bonchev–Trinajstić information content (AvgIpc) is 3.06. The Labute approximate surface area is 184 Å². The van der Waals surface area contributed by atoms with Gasteiger partial charge in [-0.05, 0) is 24.2 Å². The van der Waals surface area contributed by atoms with Crippen molar-refractivity contribution < 1.29 is 35.9 Å². The maximum Gasteiger partial charge on any atom is 0.451 e. The molecule has 2 aliphatic carbocycles. The van der Waals surface area contributed by atoms with Gasteiger partial charge in [0.25, 0.3) is 0 Å². The van der Waals surface area contributed by atoms with Crippen molar-refractivity contribution in [2.75, 3.05) is 32.1 Å². The van der Waals surface area contributed by atoms with E-state index in [-0.39, 0.29) is 55.1 Å². The highest BCUT2D eigenvalue weighted by atomic mass is 32.2. The molecule has 1 aliphatic heterocycles. The van der Waals surface area contributed by atoms with Gasteiger partial charge in [-0.2, -0.15) is 22.5 Å². The normalized spacial score (nSPS) is 30.6. The molecule has 1 aromatic heterocycles. The lowest BCUT2D eigenvalue weighted by atomic mass is 9.70. The number of sulfonamides is 1. The van der Waals surface area contributed by atoms with Crippen LogP contribution in [0, 0.1) is 16.7 Å². The first-order chi connectivity index (χ1) is 14.8. The van der Waals surface area contributed by atoms with Gasteiger partial charge in [0.1, 0.15) is 18.5 Å². The summed E-state index contributed by atoms with van der Waals surface area (Å²) >= 11 is 0. The maximum atomic E-state index is 13.3. The van der Waals surface area contributed by atoms with E-state index in [2.05, 4.69) is 9.97 Å². The second-order valence-electron chi connectivity index (χ2n) is 9.30. The minimum absolute atomic E-state index is 0.00628. The largest absolute Gasteiger partial charge is 0.475 e. The summed E-state index contributed by atoms with van der Waals surface area (Å²) in [4.78, 5) is 19.2. The third kappa shape index (κ3) is 4.01. The summed E-state index contributed by atoms with van der Waals surface area (Å²) < 4.78 is 77.0. The monoisotopic (exact) mass is 477 g/mol. The zero-order valence-electron chi connectivity index (χ0n) is 17.9. The minimum Gasteiger partial charge on any atom is -0.475 e. The Bertz CT molecular complexity index is 1000. The summed E-state index contributed by atoms with van der Waals surface area (Å²) in [5.74, 6) is -1.58. The van der Waals surface area contributed by atoms with E-state index in [1.165, 1.54) is 10.4 Å². The number of rotatable bonds is 6. The number of Topliss-reactive ketones (excluding diaryl/α,β-unsaturated/α-hetero) is 1. The molecule has 1 unspecified atom stereocenters. The number of carbonyl (C=O) groups is 1. The molecule has 4 rings (SSSR count). The summed E-state index contributed by atoms with van der Waals surface area (Å²) in [6.45, 7) is 4.07. The highest BCUT2D eigenvalue weighted by Crippen LogP contribution is 2.64. The van der Waals surface area contributed by atoms with Crippen molar-refractivity contribution in [1.29, 1.82) is 0 Å². The van der Waals surface area contributed by atoms with Crippen molar-refractivity contribution in [1.82, 2.24) is 14.3 Å². The van der Waals surface area contributed by atoms with Crippen molar-refractivity contribution in [3.63, 3.8) is 0 Å². The van der Waals surface area contributed by atoms with E-state index in [0.717, 1.165) is 12.6 Å². The number of ketones is 1. The molecule has 3 atom stereocenters. The number of nitrogens with zero attached hydrogens (tertiary/aromatic N) is 3. The summed E-state index contributed by atoms with van der Waals surface area (Å²) in [6.07, 6.45) is -2.57. The fourth-order valence-electron chi connectivity index (χ4n) is 5.29. The van der Waals surface area contributed by atoms with Gasteiger partial charge in [-0.1, -0.05) is 13.8 Å². The Hall–Kier alpha value is -1.79. The second kappa shape index (κ2) is 7.91. The molecule has 0 spiro atoms. The van der Waals surface area contributed by atoms with Crippen molar-refractivity contribution >= 4 is 15.8 Å². The Morgan fingerprint density at radius 2 is 2.09 bits per heavy atom. The van der Waals surface area contributed by atoms with E-state index >= 15 is 0 Å². The molecule has 0 radical (unpaired) electrons. The Balaban J connectivity index is 1.41. The standard InChI is InChI=1S/C20H26F3N3O5S/c1-18(2)13-3-5-19(18,15(27)9-13)12-32(28,29)26-7-8-30-14(10-26)11-31-16-4-6-24-17(25-16)20(21,22)23/h4,6,13-14H,3,5,7-12H2,1-2H3/t13-,14?,19-/m0/s1. The van der Waals surface area contributed by atoms with Gasteiger partial charge in [-0.15, -0.1) is 0 Å². The van der Waals surface area contributed by atoms with Gasteiger partial charge < -0.3 is 9.47 Å². The molecule has 8 nitrogen and oxygen atoms in total. The van der Waals surface area contributed by atoms with Crippen LogP contribution in [-0.2, 0) is 25.7 Å². The molecule has 32 heavy (non-hydrogen) atoms. The topological polar surface area (TPSA) is 98.7 Å². The average molecular weight is 478 g/mol. The molecule has 0 aromatic carbocycles. The minimum atomic E-state index is -4.70. The third-order valence-corrected chi connectivity index (χ3v) is 9.34. The highest BCUT2D eigenvalue weighted by Gasteiger charge is 2.65. The number of ether oxygens (including phenoxy) is 2. The van der Waals surface area contributed by atoms with Gasteiger partial charge >= 0.3 is 6.18 Å². The summed E-state index contributed by atoms with van der Waals surface area (Å²) in [6, 6.07) is 1.19. The molecule has 2 bridgehead atoms. The smallest absolute Gasteiger partial charge is 0.451 e. The lowest BCUT2D eigenvalue weighted by molar-refractivity contribution is -0.145. The Morgan fingerprint density at radius 1 is 1.34 bits per heavy atom. The van der Waals surface area contributed by atoms with E-state index in [1.807, 2.05) is 13.8 Å². The van der Waals surface area contributed by atoms with Crippen LogP contribution in [0.1, 0.15) is 38.9 Å². The number of aromatic nitrogens is 2. The molecule has 2 heterocycles. The highest BCUT2D eigenvalue weighted by molar-refractivity contribution is 7.89. The fourth-order valence-corrected chi connectivity index (χ4v) is 7.52. The summed E-state index contributed by atoms with van der Waals surface area (Å²) in [5.41, 5.74) is -1.23. The van der Waals surface area contributed by atoms with E-state index in [4.69, 9.17) is 9.47 Å². The summed E-state index contributed by atoms with van der Waals surface area (Å²) in [7, 11) is -3.75. The van der Waals surface area contributed by atoms with Crippen LogP contribution >= 0.6 is 0 Å². The molecular formula is C20H26F3N3O5S. The molecule has 0 amide bonds. The number of halogens is 3. The molecule has 0 N–H and O–H groups in total. The van der Waals surface area contributed by atoms with E-state index in [0.29, 0.717) is 12.8 Å². The first-order valence-electron chi connectivity index (χ1n) is 10.5. The molecule has 178 valence electrons. The van der Waals surface area contributed by atoms with Gasteiger partial charge in [0.15, 0.2) is 0 Å². The molecular weight excluding hydrogens is 451 g/mol. The molecule has 1 saturated heterocycles.